The lowest BCUT2D eigenvalue weighted by atomic mass is 10.4. The zero-order chi connectivity index (χ0) is 8.20. The summed E-state index contributed by atoms with van der Waals surface area (Å²) in [4.78, 5) is 0. The second-order valence-electron chi connectivity index (χ2n) is 2.39. The second-order valence-corrected chi connectivity index (χ2v) is 2.39. The van der Waals surface area contributed by atoms with Crippen LogP contribution in [0.15, 0.2) is 0 Å². The summed E-state index contributed by atoms with van der Waals surface area (Å²) < 4.78 is 29.0. The lowest BCUT2D eigenvalue weighted by molar-refractivity contribution is -0.118. The third-order valence-electron chi connectivity index (χ3n) is 0.886. The second kappa shape index (κ2) is 3.83. The number of alkyl halides is 2. The molecule has 0 spiro atoms. The fraction of sp³-hybridized carbons (Fsp3) is 1.00. The number of hydrogen-bond donors (Lipinski definition) is 0. The van der Waals surface area contributed by atoms with Crippen molar-refractivity contribution < 1.29 is 18.6 Å². The van der Waals surface area contributed by atoms with Crippen molar-refractivity contribution in [3.05, 3.63) is 0 Å². The summed E-state index contributed by atoms with van der Waals surface area (Å²) in [7, 11) is 0. The van der Waals surface area contributed by atoms with Crippen LogP contribution in [-0.2, 0) is 4.74 Å². The predicted molar refractivity (Wildman–Crippen MR) is 34.5 cm³/mol. The largest absolute Gasteiger partial charge is 0.441 e. The molecule has 0 amide bonds. The van der Waals surface area contributed by atoms with Gasteiger partial charge in [0.2, 0.25) is 6.61 Å². The van der Waals surface area contributed by atoms with Crippen molar-refractivity contribution in [3.63, 3.8) is 0 Å². The van der Waals surface area contributed by atoms with Gasteiger partial charge < -0.3 is 9.84 Å². The zero-order valence-electron chi connectivity index (χ0n) is 6.16. The molecule has 62 valence electrons. The predicted octanol–water partition coefficient (Wildman–Crippen LogP) is 0.771. The SMILES string of the molecule is CC(C)OCC(F)(F)C[OH2+]. The normalized spacial score (nSPS) is 12.6. The first-order valence-electron chi connectivity index (χ1n) is 3.12. The molecule has 4 heteroatoms. The van der Waals surface area contributed by atoms with Crippen molar-refractivity contribution in [3.8, 4) is 0 Å². The third-order valence-corrected chi connectivity index (χ3v) is 0.886. The van der Waals surface area contributed by atoms with E-state index in [-0.39, 0.29) is 6.10 Å². The van der Waals surface area contributed by atoms with Gasteiger partial charge in [-0.25, -0.2) is 0 Å². The van der Waals surface area contributed by atoms with Crippen LogP contribution in [-0.4, -0.2) is 30.3 Å². The quantitative estimate of drug-likeness (QED) is 0.552. The lowest BCUT2D eigenvalue weighted by Crippen LogP contribution is -2.29. The van der Waals surface area contributed by atoms with Crippen molar-refractivity contribution in [1.29, 1.82) is 0 Å². The molecule has 0 aromatic carbocycles. The van der Waals surface area contributed by atoms with Crippen LogP contribution in [0.2, 0.25) is 0 Å². The Bertz CT molecular complexity index is 93.7. The van der Waals surface area contributed by atoms with Crippen molar-refractivity contribution in [1.82, 2.24) is 0 Å². The summed E-state index contributed by atoms with van der Waals surface area (Å²) in [6, 6.07) is 0. The summed E-state index contributed by atoms with van der Waals surface area (Å²) in [5.74, 6) is -2.98. The summed E-state index contributed by atoms with van der Waals surface area (Å²) in [6.07, 6.45) is -0.197. The molecular weight excluding hydrogens is 142 g/mol. The summed E-state index contributed by atoms with van der Waals surface area (Å²) in [6.45, 7) is 1.81. The van der Waals surface area contributed by atoms with E-state index in [9.17, 15) is 8.78 Å². The van der Waals surface area contributed by atoms with Gasteiger partial charge in [-0.1, -0.05) is 0 Å². The van der Waals surface area contributed by atoms with Crippen LogP contribution in [0.25, 0.3) is 0 Å². The molecule has 2 N–H and O–H groups in total. The Balaban J connectivity index is 3.46. The highest BCUT2D eigenvalue weighted by molar-refractivity contribution is 4.62. The molecule has 0 aromatic heterocycles. The number of hydrogen-bond acceptors (Lipinski definition) is 1. The van der Waals surface area contributed by atoms with Gasteiger partial charge in [0.25, 0.3) is 0 Å². The van der Waals surface area contributed by atoms with Crippen LogP contribution in [0.3, 0.4) is 0 Å². The molecule has 2 nitrogen and oxygen atoms in total. The van der Waals surface area contributed by atoms with E-state index in [0.29, 0.717) is 0 Å². The van der Waals surface area contributed by atoms with Crippen LogP contribution in [0.1, 0.15) is 13.8 Å². The first-order valence-corrected chi connectivity index (χ1v) is 3.12. The van der Waals surface area contributed by atoms with Crippen LogP contribution in [0.4, 0.5) is 8.78 Å². The first kappa shape index (κ1) is 9.78. The van der Waals surface area contributed by atoms with Gasteiger partial charge in [0.05, 0.1) is 6.10 Å². The molecule has 0 fully saturated rings. The van der Waals surface area contributed by atoms with Gasteiger partial charge in [-0.2, -0.15) is 8.78 Å². The van der Waals surface area contributed by atoms with Crippen molar-refractivity contribution >= 4 is 0 Å². The zero-order valence-corrected chi connectivity index (χ0v) is 6.16. The average Bonchev–Trinajstić information content (AvgIpc) is 1.85. The smallest absolute Gasteiger partial charge is 0.337 e. The van der Waals surface area contributed by atoms with Gasteiger partial charge in [-0.05, 0) is 13.8 Å². The Morgan fingerprint density at radius 2 is 2.00 bits per heavy atom. The molecule has 0 aliphatic rings. The molecule has 0 aromatic rings. The van der Waals surface area contributed by atoms with Crippen molar-refractivity contribution in [2.45, 2.75) is 25.9 Å². The van der Waals surface area contributed by atoms with E-state index in [2.05, 4.69) is 4.74 Å². The Kier molecular flexibility index (Phi) is 3.75. The average molecular weight is 155 g/mol. The van der Waals surface area contributed by atoms with Gasteiger partial charge >= 0.3 is 5.92 Å². The van der Waals surface area contributed by atoms with Gasteiger partial charge in [-0.15, -0.1) is 0 Å². The molecular formula is C6H13F2O2+. The maximum Gasteiger partial charge on any atom is 0.337 e. The Morgan fingerprint density at radius 1 is 1.50 bits per heavy atom. The number of rotatable bonds is 4. The lowest BCUT2D eigenvalue weighted by Gasteiger charge is -2.12. The van der Waals surface area contributed by atoms with E-state index in [1.54, 1.807) is 13.8 Å². The fourth-order valence-corrected chi connectivity index (χ4v) is 0.340. The minimum absolute atomic E-state index is 0.197. The van der Waals surface area contributed by atoms with Crippen molar-refractivity contribution in [2.24, 2.45) is 0 Å². The van der Waals surface area contributed by atoms with Gasteiger partial charge in [0, 0.05) is 0 Å². The van der Waals surface area contributed by atoms with Gasteiger partial charge in [-0.3, -0.25) is 0 Å². The third kappa shape index (κ3) is 4.64. The Labute approximate surface area is 58.8 Å². The van der Waals surface area contributed by atoms with Gasteiger partial charge in [0.15, 0.2) is 0 Å². The molecule has 0 aliphatic carbocycles. The topological polar surface area (TPSA) is 32.1 Å². The Morgan fingerprint density at radius 3 is 2.30 bits per heavy atom. The standard InChI is InChI=1S/C6H12F2O2/c1-5(2)10-4-6(7,8)3-9/h5,9H,3-4H2,1-2H3/p+1. The van der Waals surface area contributed by atoms with Gasteiger partial charge in [0.1, 0.15) is 6.61 Å². The van der Waals surface area contributed by atoms with Crippen LogP contribution >= 0.6 is 0 Å². The monoisotopic (exact) mass is 155 g/mol. The molecule has 0 bridgehead atoms. The maximum absolute atomic E-state index is 12.2. The van der Waals surface area contributed by atoms with E-state index >= 15 is 0 Å². The van der Waals surface area contributed by atoms with Crippen LogP contribution in [0, 0.1) is 0 Å². The molecule has 0 aliphatic heterocycles. The number of halogens is 2. The number of ether oxygens (including phenoxy) is 1. The molecule has 0 saturated carbocycles. The van der Waals surface area contributed by atoms with E-state index in [4.69, 9.17) is 5.11 Å². The van der Waals surface area contributed by atoms with E-state index in [1.165, 1.54) is 0 Å². The molecule has 0 heterocycles. The molecule has 0 radical (unpaired) electrons. The molecule has 10 heavy (non-hydrogen) atoms. The Hall–Kier alpha value is -0.220. The minimum Gasteiger partial charge on any atom is -0.441 e. The fourth-order valence-electron chi connectivity index (χ4n) is 0.340. The van der Waals surface area contributed by atoms with E-state index < -0.39 is 19.1 Å². The summed E-state index contributed by atoms with van der Waals surface area (Å²) in [5.41, 5.74) is 0. The highest BCUT2D eigenvalue weighted by atomic mass is 19.3. The first-order chi connectivity index (χ1) is 4.48. The van der Waals surface area contributed by atoms with E-state index in [0.717, 1.165) is 0 Å². The molecule has 0 atom stereocenters. The highest BCUT2D eigenvalue weighted by Gasteiger charge is 2.31. The summed E-state index contributed by atoms with van der Waals surface area (Å²) in [5, 5.41) is 6.42. The molecule has 0 unspecified atom stereocenters. The van der Waals surface area contributed by atoms with E-state index in [1.807, 2.05) is 0 Å². The molecule has 0 rings (SSSR count). The molecule has 0 saturated heterocycles. The summed E-state index contributed by atoms with van der Waals surface area (Å²) >= 11 is 0. The van der Waals surface area contributed by atoms with Crippen LogP contribution < -0.4 is 0 Å². The van der Waals surface area contributed by atoms with Crippen LogP contribution in [0.5, 0.6) is 0 Å². The minimum atomic E-state index is -2.98. The van der Waals surface area contributed by atoms with Crippen molar-refractivity contribution in [2.75, 3.05) is 13.2 Å². The maximum atomic E-state index is 12.2. The highest BCUT2D eigenvalue weighted by Crippen LogP contribution is 2.12.